The largest absolute Gasteiger partial charge is 0.494 e. The molecule has 1 aromatic rings. The number of aliphatic hydroxyl groups is 1. The second kappa shape index (κ2) is 11.8. The van der Waals surface area contributed by atoms with Crippen molar-refractivity contribution in [1.29, 1.82) is 0 Å². The third-order valence-corrected chi connectivity index (χ3v) is 2.43. The van der Waals surface area contributed by atoms with E-state index in [2.05, 4.69) is 15.6 Å². The first-order chi connectivity index (χ1) is 9.31. The molecule has 3 N–H and O–H groups in total. The predicted octanol–water partition coefficient (Wildman–Crippen LogP) is 1.75. The molecule has 1 aromatic carbocycles. The van der Waals surface area contributed by atoms with Gasteiger partial charge in [-0.1, -0.05) is 18.2 Å². The van der Waals surface area contributed by atoms with Crippen LogP contribution < -0.4 is 15.4 Å². The van der Waals surface area contributed by atoms with Gasteiger partial charge in [0.15, 0.2) is 5.96 Å². The SMILES string of the molecule is CCNC(=NCc1ccccc1OCC)NCCO.I. The van der Waals surface area contributed by atoms with E-state index in [4.69, 9.17) is 9.84 Å². The molecule has 0 bridgehead atoms. The lowest BCUT2D eigenvalue weighted by Gasteiger charge is -2.11. The average Bonchev–Trinajstić information content (AvgIpc) is 2.43. The zero-order valence-corrected chi connectivity index (χ0v) is 14.4. The minimum atomic E-state index is 0. The van der Waals surface area contributed by atoms with Gasteiger partial charge in [-0.2, -0.15) is 0 Å². The summed E-state index contributed by atoms with van der Waals surface area (Å²) in [6, 6.07) is 7.88. The van der Waals surface area contributed by atoms with Gasteiger partial charge in [0.2, 0.25) is 0 Å². The van der Waals surface area contributed by atoms with Crippen LogP contribution >= 0.6 is 24.0 Å². The standard InChI is InChI=1S/C14H23N3O2.HI/c1-3-15-14(16-9-10-18)17-11-12-7-5-6-8-13(12)19-4-2;/h5-8,18H,3-4,9-11H2,1-2H3,(H2,15,16,17);1H. The number of para-hydroxylation sites is 1. The molecule has 0 fully saturated rings. The fourth-order valence-electron chi connectivity index (χ4n) is 1.61. The zero-order chi connectivity index (χ0) is 13.9. The summed E-state index contributed by atoms with van der Waals surface area (Å²) in [6.45, 7) is 6.50. The van der Waals surface area contributed by atoms with Crippen LogP contribution in [0.5, 0.6) is 5.75 Å². The highest BCUT2D eigenvalue weighted by Crippen LogP contribution is 2.18. The molecule has 0 aliphatic heterocycles. The Hall–Kier alpha value is -1.02. The second-order valence-corrected chi connectivity index (χ2v) is 3.89. The van der Waals surface area contributed by atoms with E-state index in [-0.39, 0.29) is 30.6 Å². The number of aliphatic hydroxyl groups excluding tert-OH is 1. The van der Waals surface area contributed by atoms with Crippen LogP contribution in [0.1, 0.15) is 19.4 Å². The number of halogens is 1. The Morgan fingerprint density at radius 2 is 2.00 bits per heavy atom. The number of nitrogens with one attached hydrogen (secondary N) is 2. The van der Waals surface area contributed by atoms with Gasteiger partial charge >= 0.3 is 0 Å². The summed E-state index contributed by atoms with van der Waals surface area (Å²) in [7, 11) is 0. The van der Waals surface area contributed by atoms with Crippen molar-refractivity contribution >= 4 is 29.9 Å². The van der Waals surface area contributed by atoms with Crippen molar-refractivity contribution in [3.8, 4) is 5.75 Å². The van der Waals surface area contributed by atoms with Crippen molar-refractivity contribution in [2.45, 2.75) is 20.4 Å². The minimum absolute atomic E-state index is 0. The zero-order valence-electron chi connectivity index (χ0n) is 12.1. The number of ether oxygens (including phenoxy) is 1. The van der Waals surface area contributed by atoms with Gasteiger partial charge in [0.1, 0.15) is 5.75 Å². The average molecular weight is 393 g/mol. The van der Waals surface area contributed by atoms with E-state index in [9.17, 15) is 0 Å². The van der Waals surface area contributed by atoms with E-state index in [0.717, 1.165) is 17.9 Å². The van der Waals surface area contributed by atoms with E-state index in [1.54, 1.807) is 0 Å². The molecule has 0 atom stereocenters. The van der Waals surface area contributed by atoms with Crippen molar-refractivity contribution in [1.82, 2.24) is 10.6 Å². The van der Waals surface area contributed by atoms with Crippen LogP contribution in [-0.2, 0) is 6.54 Å². The van der Waals surface area contributed by atoms with Gasteiger partial charge in [0.25, 0.3) is 0 Å². The molecule has 0 amide bonds. The van der Waals surface area contributed by atoms with Crippen LogP contribution in [0.4, 0.5) is 0 Å². The van der Waals surface area contributed by atoms with Crippen molar-refractivity contribution in [2.75, 3.05) is 26.3 Å². The first kappa shape index (κ1) is 19.0. The lowest BCUT2D eigenvalue weighted by Crippen LogP contribution is -2.38. The molecule has 20 heavy (non-hydrogen) atoms. The van der Waals surface area contributed by atoms with Crippen molar-refractivity contribution in [3.05, 3.63) is 29.8 Å². The van der Waals surface area contributed by atoms with Crippen molar-refractivity contribution in [3.63, 3.8) is 0 Å². The Labute approximate surface area is 137 Å². The van der Waals surface area contributed by atoms with Gasteiger partial charge in [-0.15, -0.1) is 24.0 Å². The molecule has 0 aliphatic carbocycles. The Morgan fingerprint density at radius 1 is 1.25 bits per heavy atom. The second-order valence-electron chi connectivity index (χ2n) is 3.89. The van der Waals surface area contributed by atoms with Gasteiger partial charge in [-0.3, -0.25) is 0 Å². The monoisotopic (exact) mass is 393 g/mol. The summed E-state index contributed by atoms with van der Waals surface area (Å²) in [4.78, 5) is 4.47. The van der Waals surface area contributed by atoms with E-state index in [1.807, 2.05) is 38.1 Å². The van der Waals surface area contributed by atoms with Crippen LogP contribution in [0.15, 0.2) is 29.3 Å². The molecule has 0 spiro atoms. The lowest BCUT2D eigenvalue weighted by molar-refractivity contribution is 0.300. The fraction of sp³-hybridized carbons (Fsp3) is 0.500. The van der Waals surface area contributed by atoms with E-state index < -0.39 is 0 Å². The number of benzene rings is 1. The maximum absolute atomic E-state index is 8.82. The molecule has 114 valence electrons. The summed E-state index contributed by atoms with van der Waals surface area (Å²) in [5.41, 5.74) is 1.05. The summed E-state index contributed by atoms with van der Waals surface area (Å²) in [6.07, 6.45) is 0. The molecule has 6 heteroatoms. The topological polar surface area (TPSA) is 65.9 Å². The van der Waals surface area contributed by atoms with Gasteiger partial charge in [0, 0.05) is 18.7 Å². The molecule has 0 saturated heterocycles. The first-order valence-electron chi connectivity index (χ1n) is 6.65. The quantitative estimate of drug-likeness (QED) is 0.375. The molecule has 1 rings (SSSR count). The number of aliphatic imine (C=N–C) groups is 1. The molecule has 0 saturated carbocycles. The number of guanidine groups is 1. The van der Waals surface area contributed by atoms with E-state index in [1.165, 1.54) is 0 Å². The Balaban J connectivity index is 0.00000361. The summed E-state index contributed by atoms with van der Waals surface area (Å²) >= 11 is 0. The van der Waals surface area contributed by atoms with Crippen LogP contribution in [0.25, 0.3) is 0 Å². The van der Waals surface area contributed by atoms with Crippen LogP contribution in [0, 0.1) is 0 Å². The van der Waals surface area contributed by atoms with E-state index in [0.29, 0.717) is 25.7 Å². The van der Waals surface area contributed by atoms with Gasteiger partial charge in [-0.25, -0.2) is 4.99 Å². The Kier molecular flexibility index (Phi) is 11.2. The molecule has 5 nitrogen and oxygen atoms in total. The minimum Gasteiger partial charge on any atom is -0.494 e. The predicted molar refractivity (Wildman–Crippen MR) is 92.9 cm³/mol. The molecule has 0 radical (unpaired) electrons. The Bertz CT molecular complexity index is 400. The molecule has 0 aliphatic rings. The van der Waals surface area contributed by atoms with Crippen molar-refractivity contribution in [2.24, 2.45) is 4.99 Å². The maximum Gasteiger partial charge on any atom is 0.191 e. The number of hydrogen-bond acceptors (Lipinski definition) is 3. The molecule has 0 unspecified atom stereocenters. The van der Waals surface area contributed by atoms with Crippen molar-refractivity contribution < 1.29 is 9.84 Å². The lowest BCUT2D eigenvalue weighted by atomic mass is 10.2. The van der Waals surface area contributed by atoms with E-state index >= 15 is 0 Å². The number of rotatable bonds is 7. The summed E-state index contributed by atoms with van der Waals surface area (Å²) in [5, 5.41) is 15.0. The third kappa shape index (κ3) is 6.95. The normalized spacial score (nSPS) is 10.7. The molecule has 0 heterocycles. The first-order valence-corrected chi connectivity index (χ1v) is 6.65. The van der Waals surface area contributed by atoms with Gasteiger partial charge in [0.05, 0.1) is 19.8 Å². The van der Waals surface area contributed by atoms with Gasteiger partial charge < -0.3 is 20.5 Å². The highest BCUT2D eigenvalue weighted by atomic mass is 127. The summed E-state index contributed by atoms with van der Waals surface area (Å²) in [5.74, 6) is 1.56. The molecular formula is C14H24IN3O2. The smallest absolute Gasteiger partial charge is 0.191 e. The van der Waals surface area contributed by atoms with Gasteiger partial charge in [-0.05, 0) is 19.9 Å². The molecular weight excluding hydrogens is 369 g/mol. The number of hydrogen-bond donors (Lipinski definition) is 3. The van der Waals surface area contributed by atoms with Crippen LogP contribution in [0.2, 0.25) is 0 Å². The maximum atomic E-state index is 8.82. The number of nitrogens with zero attached hydrogens (tertiary/aromatic N) is 1. The molecule has 0 aromatic heterocycles. The third-order valence-electron chi connectivity index (χ3n) is 2.43. The highest BCUT2D eigenvalue weighted by molar-refractivity contribution is 14.0. The van der Waals surface area contributed by atoms with Crippen LogP contribution in [-0.4, -0.2) is 37.4 Å². The summed E-state index contributed by atoms with van der Waals surface area (Å²) < 4.78 is 5.56. The highest BCUT2D eigenvalue weighted by Gasteiger charge is 2.02. The van der Waals surface area contributed by atoms with Crippen LogP contribution in [0.3, 0.4) is 0 Å². The fourth-order valence-corrected chi connectivity index (χ4v) is 1.61. The Morgan fingerprint density at radius 3 is 2.65 bits per heavy atom.